The molecule has 1 aromatic heterocycles. The molecule has 0 fully saturated rings. The zero-order chi connectivity index (χ0) is 10.6. The van der Waals surface area contributed by atoms with Gasteiger partial charge in [0.05, 0.1) is 0 Å². The first-order chi connectivity index (χ1) is 6.65. The summed E-state index contributed by atoms with van der Waals surface area (Å²) < 4.78 is 1.50. The van der Waals surface area contributed by atoms with Crippen LogP contribution in [-0.2, 0) is 4.79 Å². The Balaban J connectivity index is 2.53. The van der Waals surface area contributed by atoms with Crippen molar-refractivity contribution in [1.82, 2.24) is 20.1 Å². The Bertz CT molecular complexity index is 284. The van der Waals surface area contributed by atoms with Crippen LogP contribution in [0.1, 0.15) is 19.9 Å². The van der Waals surface area contributed by atoms with Crippen LogP contribution in [0.15, 0.2) is 12.7 Å². The van der Waals surface area contributed by atoms with Gasteiger partial charge in [-0.25, -0.2) is 9.67 Å². The molecule has 0 aromatic carbocycles. The lowest BCUT2D eigenvalue weighted by Gasteiger charge is -2.15. The Morgan fingerprint density at radius 3 is 2.86 bits per heavy atom. The Labute approximate surface area is 82.5 Å². The molecular formula is C8H15N5O. The van der Waals surface area contributed by atoms with Gasteiger partial charge in [-0.15, -0.1) is 0 Å². The van der Waals surface area contributed by atoms with Gasteiger partial charge in [0, 0.05) is 12.6 Å². The summed E-state index contributed by atoms with van der Waals surface area (Å²) in [7, 11) is 0. The SMILES string of the molecule is CC(CN)NC(=O)C(C)n1cncn1. The number of nitrogens with zero attached hydrogens (tertiary/aromatic N) is 3. The molecule has 6 nitrogen and oxygen atoms in total. The van der Waals surface area contributed by atoms with Gasteiger partial charge >= 0.3 is 0 Å². The van der Waals surface area contributed by atoms with Crippen molar-refractivity contribution >= 4 is 5.91 Å². The van der Waals surface area contributed by atoms with Gasteiger partial charge in [-0.05, 0) is 13.8 Å². The van der Waals surface area contributed by atoms with Gasteiger partial charge in [-0.2, -0.15) is 5.10 Å². The number of rotatable bonds is 4. The number of carbonyl (C=O) groups is 1. The second-order valence-corrected chi connectivity index (χ2v) is 3.20. The number of carbonyl (C=O) groups excluding carboxylic acids is 1. The summed E-state index contributed by atoms with van der Waals surface area (Å²) in [5.74, 6) is -0.103. The number of aromatic nitrogens is 3. The molecule has 0 aliphatic carbocycles. The van der Waals surface area contributed by atoms with Gasteiger partial charge in [0.25, 0.3) is 0 Å². The fourth-order valence-electron chi connectivity index (χ4n) is 0.960. The van der Waals surface area contributed by atoms with Crippen molar-refractivity contribution in [2.75, 3.05) is 6.54 Å². The van der Waals surface area contributed by atoms with Crippen molar-refractivity contribution in [3.05, 3.63) is 12.7 Å². The molecule has 78 valence electrons. The fraction of sp³-hybridized carbons (Fsp3) is 0.625. The molecule has 0 radical (unpaired) electrons. The van der Waals surface area contributed by atoms with E-state index in [1.54, 1.807) is 6.92 Å². The quantitative estimate of drug-likeness (QED) is 0.668. The molecule has 6 heteroatoms. The topological polar surface area (TPSA) is 85.8 Å². The summed E-state index contributed by atoms with van der Waals surface area (Å²) in [5, 5.41) is 6.65. The van der Waals surface area contributed by atoms with Crippen LogP contribution >= 0.6 is 0 Å². The fourth-order valence-corrected chi connectivity index (χ4v) is 0.960. The van der Waals surface area contributed by atoms with Gasteiger partial charge in [0.1, 0.15) is 18.7 Å². The highest BCUT2D eigenvalue weighted by Gasteiger charge is 2.16. The minimum absolute atomic E-state index is 0.0199. The van der Waals surface area contributed by atoms with Gasteiger partial charge < -0.3 is 11.1 Å². The van der Waals surface area contributed by atoms with Crippen LogP contribution in [0.25, 0.3) is 0 Å². The third kappa shape index (κ3) is 2.53. The maximum Gasteiger partial charge on any atom is 0.244 e. The maximum atomic E-state index is 11.6. The second kappa shape index (κ2) is 4.71. The van der Waals surface area contributed by atoms with E-state index in [1.165, 1.54) is 17.3 Å². The summed E-state index contributed by atoms with van der Waals surface area (Å²) in [4.78, 5) is 15.3. The maximum absolute atomic E-state index is 11.6. The predicted molar refractivity (Wildman–Crippen MR) is 51.4 cm³/mol. The van der Waals surface area contributed by atoms with E-state index in [-0.39, 0.29) is 18.0 Å². The van der Waals surface area contributed by atoms with E-state index < -0.39 is 0 Å². The molecule has 3 N–H and O–H groups in total. The molecule has 1 rings (SSSR count). The van der Waals surface area contributed by atoms with Crippen molar-refractivity contribution in [1.29, 1.82) is 0 Å². The Morgan fingerprint density at radius 1 is 1.64 bits per heavy atom. The van der Waals surface area contributed by atoms with Crippen LogP contribution in [0.3, 0.4) is 0 Å². The van der Waals surface area contributed by atoms with E-state index in [1.807, 2.05) is 6.92 Å². The molecule has 2 atom stereocenters. The number of hydrogen-bond donors (Lipinski definition) is 2. The Kier molecular flexibility index (Phi) is 3.58. The molecule has 1 heterocycles. The van der Waals surface area contributed by atoms with Crippen LogP contribution < -0.4 is 11.1 Å². The molecule has 0 bridgehead atoms. The lowest BCUT2D eigenvalue weighted by atomic mass is 10.2. The lowest BCUT2D eigenvalue weighted by molar-refractivity contribution is -0.124. The Morgan fingerprint density at radius 2 is 2.36 bits per heavy atom. The first kappa shape index (κ1) is 10.6. The number of amides is 1. The molecule has 1 amide bonds. The Hall–Kier alpha value is -1.43. The van der Waals surface area contributed by atoms with Crippen LogP contribution in [0.5, 0.6) is 0 Å². The molecule has 0 aliphatic rings. The first-order valence-corrected chi connectivity index (χ1v) is 4.49. The van der Waals surface area contributed by atoms with Crippen molar-refractivity contribution in [3.8, 4) is 0 Å². The predicted octanol–water partition coefficient (Wildman–Crippen LogP) is -0.697. The highest BCUT2D eigenvalue weighted by molar-refractivity contribution is 5.79. The van der Waals surface area contributed by atoms with E-state index in [0.29, 0.717) is 6.54 Å². The van der Waals surface area contributed by atoms with E-state index in [4.69, 9.17) is 5.73 Å². The highest BCUT2D eigenvalue weighted by atomic mass is 16.2. The molecular weight excluding hydrogens is 182 g/mol. The number of nitrogens with two attached hydrogens (primary N) is 1. The summed E-state index contributed by atoms with van der Waals surface area (Å²) >= 11 is 0. The largest absolute Gasteiger partial charge is 0.351 e. The lowest BCUT2D eigenvalue weighted by Crippen LogP contribution is -2.41. The molecule has 0 aliphatic heterocycles. The molecule has 0 saturated heterocycles. The van der Waals surface area contributed by atoms with Gasteiger partial charge in [0.2, 0.25) is 5.91 Å². The van der Waals surface area contributed by atoms with Gasteiger partial charge in [-0.1, -0.05) is 0 Å². The van der Waals surface area contributed by atoms with Crippen molar-refractivity contribution in [2.24, 2.45) is 5.73 Å². The average molecular weight is 197 g/mol. The summed E-state index contributed by atoms with van der Waals surface area (Å²) in [5.41, 5.74) is 5.39. The van der Waals surface area contributed by atoms with Crippen LogP contribution in [0.2, 0.25) is 0 Å². The molecule has 2 unspecified atom stereocenters. The van der Waals surface area contributed by atoms with Crippen LogP contribution in [0, 0.1) is 0 Å². The van der Waals surface area contributed by atoms with Crippen LogP contribution in [0.4, 0.5) is 0 Å². The number of hydrogen-bond acceptors (Lipinski definition) is 4. The molecule has 14 heavy (non-hydrogen) atoms. The van der Waals surface area contributed by atoms with E-state index in [9.17, 15) is 4.79 Å². The molecule has 0 spiro atoms. The van der Waals surface area contributed by atoms with Gasteiger partial charge in [-0.3, -0.25) is 4.79 Å². The first-order valence-electron chi connectivity index (χ1n) is 4.49. The van der Waals surface area contributed by atoms with Crippen LogP contribution in [-0.4, -0.2) is 33.3 Å². The third-order valence-electron chi connectivity index (χ3n) is 1.96. The zero-order valence-electron chi connectivity index (χ0n) is 8.34. The minimum Gasteiger partial charge on any atom is -0.351 e. The van der Waals surface area contributed by atoms with Crippen molar-refractivity contribution in [3.63, 3.8) is 0 Å². The monoisotopic (exact) mass is 197 g/mol. The second-order valence-electron chi connectivity index (χ2n) is 3.20. The zero-order valence-corrected chi connectivity index (χ0v) is 8.34. The number of nitrogens with one attached hydrogen (secondary N) is 1. The normalized spacial score (nSPS) is 14.8. The standard InChI is InChI=1S/C8H15N5O/c1-6(3-9)12-8(14)7(2)13-5-10-4-11-13/h4-7H,3,9H2,1-2H3,(H,12,14). The van der Waals surface area contributed by atoms with Crippen molar-refractivity contribution < 1.29 is 4.79 Å². The van der Waals surface area contributed by atoms with E-state index in [2.05, 4.69) is 15.4 Å². The highest BCUT2D eigenvalue weighted by Crippen LogP contribution is 2.01. The van der Waals surface area contributed by atoms with Gasteiger partial charge in [0.15, 0.2) is 0 Å². The summed E-state index contributed by atoms with van der Waals surface area (Å²) in [6, 6.07) is -0.375. The summed E-state index contributed by atoms with van der Waals surface area (Å²) in [6.45, 7) is 4.04. The van der Waals surface area contributed by atoms with E-state index in [0.717, 1.165) is 0 Å². The van der Waals surface area contributed by atoms with E-state index >= 15 is 0 Å². The summed E-state index contributed by atoms with van der Waals surface area (Å²) in [6.07, 6.45) is 2.91. The van der Waals surface area contributed by atoms with Crippen molar-refractivity contribution in [2.45, 2.75) is 25.9 Å². The molecule has 1 aromatic rings. The molecule has 0 saturated carbocycles. The smallest absolute Gasteiger partial charge is 0.244 e. The average Bonchev–Trinajstić information content (AvgIpc) is 2.69. The minimum atomic E-state index is -0.355. The third-order valence-corrected chi connectivity index (χ3v) is 1.96.